The molecular formula is C22H22N2O4S2. The maximum Gasteiger partial charge on any atom is 0.225 e. The molecule has 6 nitrogen and oxygen atoms in total. The maximum absolute atomic E-state index is 13.4. The normalized spacial score (nSPS) is 15.7. The van der Waals surface area contributed by atoms with Crippen LogP contribution in [0.4, 0.5) is 0 Å². The Morgan fingerprint density at radius 2 is 1.60 bits per heavy atom. The molecule has 3 aromatic rings. The van der Waals surface area contributed by atoms with Crippen molar-refractivity contribution in [1.29, 1.82) is 0 Å². The third-order valence-electron chi connectivity index (χ3n) is 5.22. The lowest BCUT2D eigenvalue weighted by atomic mass is 10.1. The SMILES string of the molecule is C[C@H](N)c1ccc(S(=O)(=O)c2ccc(C3CC3)cc2S(=O)(=O)c2ccccn2)cc1. The summed E-state index contributed by atoms with van der Waals surface area (Å²) < 4.78 is 53.4. The van der Waals surface area contributed by atoms with Gasteiger partial charge in [0.2, 0.25) is 19.7 Å². The number of sulfone groups is 2. The average Bonchev–Trinajstić information content (AvgIpc) is 3.59. The topological polar surface area (TPSA) is 107 Å². The Morgan fingerprint density at radius 3 is 2.17 bits per heavy atom. The molecule has 1 aromatic heterocycles. The van der Waals surface area contributed by atoms with Crippen molar-refractivity contribution in [3.8, 4) is 0 Å². The van der Waals surface area contributed by atoms with E-state index in [4.69, 9.17) is 5.73 Å². The highest BCUT2D eigenvalue weighted by Crippen LogP contribution is 2.42. The number of rotatable bonds is 6. The van der Waals surface area contributed by atoms with E-state index >= 15 is 0 Å². The van der Waals surface area contributed by atoms with Gasteiger partial charge in [-0.2, -0.15) is 0 Å². The minimum atomic E-state index is -4.12. The molecule has 0 saturated heterocycles. The van der Waals surface area contributed by atoms with E-state index in [1.165, 1.54) is 36.5 Å². The zero-order valence-corrected chi connectivity index (χ0v) is 18.0. The highest BCUT2D eigenvalue weighted by molar-refractivity contribution is 7.94. The molecule has 2 N–H and O–H groups in total. The monoisotopic (exact) mass is 442 g/mol. The Bertz CT molecular complexity index is 1280. The smallest absolute Gasteiger partial charge is 0.225 e. The van der Waals surface area contributed by atoms with Crippen LogP contribution in [0.25, 0.3) is 0 Å². The minimum Gasteiger partial charge on any atom is -0.324 e. The largest absolute Gasteiger partial charge is 0.324 e. The van der Waals surface area contributed by atoms with Crippen molar-refractivity contribution in [2.45, 2.75) is 51.4 Å². The molecular weight excluding hydrogens is 420 g/mol. The first-order chi connectivity index (χ1) is 14.2. The van der Waals surface area contributed by atoms with Gasteiger partial charge in [0.15, 0.2) is 5.03 Å². The van der Waals surface area contributed by atoms with Crippen LogP contribution in [0.1, 0.15) is 42.9 Å². The molecule has 0 unspecified atom stereocenters. The van der Waals surface area contributed by atoms with E-state index in [-0.39, 0.29) is 31.7 Å². The summed E-state index contributed by atoms with van der Waals surface area (Å²) in [6.45, 7) is 1.80. The first kappa shape index (κ1) is 20.7. The standard InChI is InChI=1S/C22H22N2O4S2/c1-15(23)16-7-10-19(11-8-16)29(25,26)20-12-9-18(17-5-6-17)14-21(20)30(27,28)22-4-2-3-13-24-22/h2-4,7-15,17H,5-6,23H2,1H3/t15-/m0/s1. The van der Waals surface area contributed by atoms with Gasteiger partial charge in [0.05, 0.1) is 14.7 Å². The van der Waals surface area contributed by atoms with Crippen LogP contribution in [0.2, 0.25) is 0 Å². The van der Waals surface area contributed by atoms with Gasteiger partial charge in [0, 0.05) is 12.2 Å². The number of hydrogen-bond donors (Lipinski definition) is 1. The van der Waals surface area contributed by atoms with E-state index in [2.05, 4.69) is 4.98 Å². The molecule has 4 rings (SSSR count). The summed E-state index contributed by atoms with van der Waals surface area (Å²) in [4.78, 5) is 3.49. The van der Waals surface area contributed by atoms with Gasteiger partial charge in [0.1, 0.15) is 0 Å². The fraction of sp³-hybridized carbons (Fsp3) is 0.227. The Labute approximate surface area is 176 Å². The van der Waals surface area contributed by atoms with Gasteiger partial charge >= 0.3 is 0 Å². The van der Waals surface area contributed by atoms with Crippen LogP contribution in [-0.4, -0.2) is 21.8 Å². The van der Waals surface area contributed by atoms with E-state index in [0.717, 1.165) is 24.0 Å². The zero-order valence-electron chi connectivity index (χ0n) is 16.4. The highest BCUT2D eigenvalue weighted by Gasteiger charge is 2.33. The predicted octanol–water partition coefficient (Wildman–Crippen LogP) is 3.64. The van der Waals surface area contributed by atoms with Gasteiger partial charge < -0.3 is 5.73 Å². The van der Waals surface area contributed by atoms with Crippen LogP contribution in [-0.2, 0) is 19.7 Å². The summed E-state index contributed by atoms with van der Waals surface area (Å²) >= 11 is 0. The second-order valence-electron chi connectivity index (χ2n) is 7.51. The molecule has 0 amide bonds. The summed E-state index contributed by atoms with van der Waals surface area (Å²) in [5, 5.41) is -0.179. The summed E-state index contributed by atoms with van der Waals surface area (Å²) in [6, 6.07) is 15.1. The number of nitrogens with two attached hydrogens (primary N) is 1. The Balaban J connectivity index is 1.89. The van der Waals surface area contributed by atoms with Crippen molar-refractivity contribution >= 4 is 19.7 Å². The van der Waals surface area contributed by atoms with Crippen LogP contribution in [0.3, 0.4) is 0 Å². The van der Waals surface area contributed by atoms with E-state index in [9.17, 15) is 16.8 Å². The molecule has 1 fully saturated rings. The van der Waals surface area contributed by atoms with Gasteiger partial charge in [-0.1, -0.05) is 24.3 Å². The van der Waals surface area contributed by atoms with Crippen LogP contribution in [0.15, 0.2) is 86.6 Å². The number of aromatic nitrogens is 1. The summed E-state index contributed by atoms with van der Waals surface area (Å²) in [5.41, 5.74) is 7.47. The molecule has 30 heavy (non-hydrogen) atoms. The van der Waals surface area contributed by atoms with Crippen molar-refractivity contribution in [2.75, 3.05) is 0 Å². The van der Waals surface area contributed by atoms with Gasteiger partial charge in [-0.15, -0.1) is 0 Å². The third-order valence-corrected chi connectivity index (χ3v) is 8.89. The van der Waals surface area contributed by atoms with E-state index in [0.29, 0.717) is 0 Å². The number of hydrogen-bond acceptors (Lipinski definition) is 6. The molecule has 156 valence electrons. The molecule has 1 atom stereocenters. The minimum absolute atomic E-state index is 0.0172. The van der Waals surface area contributed by atoms with Crippen molar-refractivity contribution in [1.82, 2.24) is 4.98 Å². The molecule has 0 bridgehead atoms. The molecule has 1 aliphatic rings. The van der Waals surface area contributed by atoms with Gasteiger partial charge in [-0.3, -0.25) is 0 Å². The molecule has 0 aliphatic heterocycles. The summed E-state index contributed by atoms with van der Waals surface area (Å²) in [5.74, 6) is 0.268. The van der Waals surface area contributed by atoms with E-state index < -0.39 is 19.7 Å². The highest BCUT2D eigenvalue weighted by atomic mass is 32.2. The van der Waals surface area contributed by atoms with Gasteiger partial charge in [-0.05, 0) is 73.2 Å². The molecule has 1 saturated carbocycles. The Hall–Kier alpha value is -2.55. The number of pyridine rings is 1. The second-order valence-corrected chi connectivity index (χ2v) is 11.3. The lowest BCUT2D eigenvalue weighted by Gasteiger charge is -2.14. The molecule has 8 heteroatoms. The molecule has 2 aromatic carbocycles. The fourth-order valence-electron chi connectivity index (χ4n) is 3.32. The summed E-state index contributed by atoms with van der Waals surface area (Å²) in [6.07, 6.45) is 3.31. The lowest BCUT2D eigenvalue weighted by molar-refractivity contribution is 0.580. The Kier molecular flexibility index (Phi) is 5.25. The lowest BCUT2D eigenvalue weighted by Crippen LogP contribution is -2.13. The zero-order chi connectivity index (χ0) is 21.5. The van der Waals surface area contributed by atoms with Crippen LogP contribution in [0.5, 0.6) is 0 Å². The predicted molar refractivity (Wildman–Crippen MR) is 113 cm³/mol. The molecule has 1 heterocycles. The summed E-state index contributed by atoms with van der Waals surface area (Å²) in [7, 11) is -8.19. The first-order valence-electron chi connectivity index (χ1n) is 9.62. The quantitative estimate of drug-likeness (QED) is 0.624. The van der Waals surface area contributed by atoms with Crippen molar-refractivity contribution < 1.29 is 16.8 Å². The number of nitrogens with zero attached hydrogens (tertiary/aromatic N) is 1. The van der Waals surface area contributed by atoms with Crippen molar-refractivity contribution in [3.05, 3.63) is 78.0 Å². The van der Waals surface area contributed by atoms with Crippen LogP contribution >= 0.6 is 0 Å². The van der Waals surface area contributed by atoms with Crippen molar-refractivity contribution in [2.24, 2.45) is 5.73 Å². The molecule has 0 spiro atoms. The van der Waals surface area contributed by atoms with Crippen LogP contribution < -0.4 is 5.73 Å². The first-order valence-corrected chi connectivity index (χ1v) is 12.6. The third kappa shape index (κ3) is 3.78. The second kappa shape index (κ2) is 7.61. The van der Waals surface area contributed by atoms with Gasteiger partial charge in [0.25, 0.3) is 0 Å². The average molecular weight is 443 g/mol. The molecule has 1 aliphatic carbocycles. The Morgan fingerprint density at radius 1 is 0.900 bits per heavy atom. The van der Waals surface area contributed by atoms with E-state index in [1.807, 2.05) is 0 Å². The van der Waals surface area contributed by atoms with Crippen molar-refractivity contribution in [3.63, 3.8) is 0 Å². The number of benzene rings is 2. The molecule has 0 radical (unpaired) electrons. The van der Waals surface area contributed by atoms with E-state index in [1.54, 1.807) is 37.3 Å². The fourth-order valence-corrected chi connectivity index (χ4v) is 6.61. The van der Waals surface area contributed by atoms with Gasteiger partial charge in [-0.25, -0.2) is 21.8 Å². The van der Waals surface area contributed by atoms with Crippen LogP contribution in [0, 0.1) is 0 Å². The maximum atomic E-state index is 13.4.